The Labute approximate surface area is 144 Å². The largest absolute Gasteiger partial charge is 0.483 e. The van der Waals surface area contributed by atoms with E-state index in [2.05, 4.69) is 26.5 Å². The zero-order valence-corrected chi connectivity index (χ0v) is 15.2. The van der Waals surface area contributed by atoms with E-state index in [9.17, 15) is 9.59 Å². The SMILES string of the molecule is Cc1cc(Br)ccc1OCC(=O)NN=C1CC(=O)CC(C)(C)C1. The normalized spacial score (nSPS) is 18.8. The van der Waals surface area contributed by atoms with Crippen LogP contribution in [0.5, 0.6) is 5.75 Å². The van der Waals surface area contributed by atoms with Crippen LogP contribution in [-0.2, 0) is 9.59 Å². The van der Waals surface area contributed by atoms with Gasteiger partial charge in [0, 0.05) is 23.0 Å². The molecule has 0 bridgehead atoms. The average molecular weight is 381 g/mol. The van der Waals surface area contributed by atoms with Crippen molar-refractivity contribution in [3.8, 4) is 5.75 Å². The summed E-state index contributed by atoms with van der Waals surface area (Å²) >= 11 is 3.38. The maximum Gasteiger partial charge on any atom is 0.277 e. The Kier molecular flexibility index (Phi) is 5.57. The molecule has 0 unspecified atom stereocenters. The van der Waals surface area contributed by atoms with Crippen LogP contribution in [0, 0.1) is 12.3 Å². The first kappa shape index (κ1) is 17.7. The molecular formula is C17H21BrN2O3. The molecule has 23 heavy (non-hydrogen) atoms. The van der Waals surface area contributed by atoms with Gasteiger partial charge in [0.05, 0.1) is 0 Å². The molecule has 6 heteroatoms. The summed E-state index contributed by atoms with van der Waals surface area (Å²) in [7, 11) is 0. The third-order valence-corrected chi connectivity index (χ3v) is 4.09. The highest BCUT2D eigenvalue weighted by molar-refractivity contribution is 9.10. The first-order chi connectivity index (χ1) is 10.7. The van der Waals surface area contributed by atoms with E-state index < -0.39 is 0 Å². The van der Waals surface area contributed by atoms with Gasteiger partial charge in [0.1, 0.15) is 11.5 Å². The number of Topliss-reactive ketones (excluding diaryl/α,β-unsaturated/α-hetero) is 1. The highest BCUT2D eigenvalue weighted by Crippen LogP contribution is 2.31. The zero-order valence-electron chi connectivity index (χ0n) is 13.6. The molecule has 1 aromatic carbocycles. The Balaban J connectivity index is 1.87. The maximum absolute atomic E-state index is 11.8. The monoisotopic (exact) mass is 380 g/mol. The molecule has 0 radical (unpaired) electrons. The van der Waals surface area contributed by atoms with Gasteiger partial charge in [-0.15, -0.1) is 0 Å². The Morgan fingerprint density at radius 1 is 1.39 bits per heavy atom. The van der Waals surface area contributed by atoms with Crippen LogP contribution >= 0.6 is 15.9 Å². The topological polar surface area (TPSA) is 67.8 Å². The molecular weight excluding hydrogens is 360 g/mol. The van der Waals surface area contributed by atoms with Gasteiger partial charge in [0.15, 0.2) is 6.61 Å². The van der Waals surface area contributed by atoms with Crippen molar-refractivity contribution in [1.29, 1.82) is 0 Å². The van der Waals surface area contributed by atoms with Crippen molar-refractivity contribution in [3.05, 3.63) is 28.2 Å². The quantitative estimate of drug-likeness (QED) is 0.813. The third kappa shape index (κ3) is 5.46. The minimum Gasteiger partial charge on any atom is -0.483 e. The number of hydrogen-bond donors (Lipinski definition) is 1. The van der Waals surface area contributed by atoms with Gasteiger partial charge in [-0.3, -0.25) is 9.59 Å². The Morgan fingerprint density at radius 3 is 2.78 bits per heavy atom. The minimum atomic E-state index is -0.337. The van der Waals surface area contributed by atoms with E-state index in [0.29, 0.717) is 25.0 Å². The minimum absolute atomic E-state index is 0.0933. The molecule has 0 saturated heterocycles. The van der Waals surface area contributed by atoms with E-state index in [-0.39, 0.29) is 23.7 Å². The average Bonchev–Trinajstić information content (AvgIpc) is 2.42. The van der Waals surface area contributed by atoms with Gasteiger partial charge in [-0.2, -0.15) is 5.10 Å². The number of nitrogens with one attached hydrogen (secondary N) is 1. The number of ether oxygens (including phenoxy) is 1. The van der Waals surface area contributed by atoms with Crippen molar-refractivity contribution in [1.82, 2.24) is 5.43 Å². The molecule has 0 aliphatic heterocycles. The lowest BCUT2D eigenvalue weighted by atomic mass is 9.76. The lowest BCUT2D eigenvalue weighted by molar-refractivity contribution is -0.123. The van der Waals surface area contributed by atoms with Gasteiger partial charge >= 0.3 is 0 Å². The van der Waals surface area contributed by atoms with Crippen molar-refractivity contribution < 1.29 is 14.3 Å². The Hall–Kier alpha value is -1.69. The molecule has 1 aliphatic carbocycles. The number of rotatable bonds is 4. The van der Waals surface area contributed by atoms with Gasteiger partial charge in [-0.25, -0.2) is 5.43 Å². The van der Waals surface area contributed by atoms with E-state index in [0.717, 1.165) is 15.7 Å². The third-order valence-electron chi connectivity index (χ3n) is 3.59. The molecule has 0 heterocycles. The van der Waals surface area contributed by atoms with Crippen molar-refractivity contribution in [2.24, 2.45) is 10.5 Å². The van der Waals surface area contributed by atoms with Crippen LogP contribution in [0.3, 0.4) is 0 Å². The predicted octanol–water partition coefficient (Wildman–Crippen LogP) is 3.39. The van der Waals surface area contributed by atoms with Gasteiger partial charge in [-0.05, 0) is 42.5 Å². The summed E-state index contributed by atoms with van der Waals surface area (Å²) in [4.78, 5) is 23.5. The number of halogens is 1. The van der Waals surface area contributed by atoms with Gasteiger partial charge in [0.25, 0.3) is 5.91 Å². The van der Waals surface area contributed by atoms with E-state index in [1.807, 2.05) is 32.9 Å². The number of hydrazone groups is 1. The van der Waals surface area contributed by atoms with Crippen molar-refractivity contribution >= 4 is 33.3 Å². The van der Waals surface area contributed by atoms with Crippen LogP contribution < -0.4 is 10.2 Å². The number of carbonyl (C=O) groups excluding carboxylic acids is 2. The number of amides is 1. The molecule has 1 fully saturated rings. The summed E-state index contributed by atoms with van der Waals surface area (Å²) in [6.07, 6.45) is 1.59. The standard InChI is InChI=1S/C17H21BrN2O3/c1-11-6-12(18)4-5-15(11)23-10-16(22)20-19-13-7-14(21)9-17(2,3)8-13/h4-6H,7-10H2,1-3H3,(H,20,22). The van der Waals surface area contributed by atoms with Crippen LogP contribution in [0.2, 0.25) is 0 Å². The van der Waals surface area contributed by atoms with Crippen LogP contribution in [0.4, 0.5) is 0 Å². The van der Waals surface area contributed by atoms with Gasteiger partial charge < -0.3 is 4.74 Å². The van der Waals surface area contributed by atoms with E-state index in [4.69, 9.17) is 4.74 Å². The first-order valence-electron chi connectivity index (χ1n) is 7.50. The molecule has 0 spiro atoms. The summed E-state index contributed by atoms with van der Waals surface area (Å²) in [6, 6.07) is 5.58. The molecule has 1 saturated carbocycles. The number of benzene rings is 1. The first-order valence-corrected chi connectivity index (χ1v) is 8.29. The van der Waals surface area contributed by atoms with Gasteiger partial charge in [-0.1, -0.05) is 29.8 Å². The number of nitrogens with zero attached hydrogens (tertiary/aromatic N) is 1. The van der Waals surface area contributed by atoms with Gasteiger partial charge in [0.2, 0.25) is 0 Å². The lowest BCUT2D eigenvalue weighted by Crippen LogP contribution is -2.32. The van der Waals surface area contributed by atoms with Crippen LogP contribution in [-0.4, -0.2) is 24.0 Å². The van der Waals surface area contributed by atoms with E-state index in [1.54, 1.807) is 6.07 Å². The molecule has 0 aromatic heterocycles. The van der Waals surface area contributed by atoms with E-state index in [1.165, 1.54) is 0 Å². The zero-order chi connectivity index (χ0) is 17.0. The number of ketones is 1. The second kappa shape index (κ2) is 7.25. The predicted molar refractivity (Wildman–Crippen MR) is 92.6 cm³/mol. The second-order valence-electron chi connectivity index (χ2n) is 6.64. The van der Waals surface area contributed by atoms with Crippen LogP contribution in [0.15, 0.2) is 27.8 Å². The lowest BCUT2D eigenvalue weighted by Gasteiger charge is -2.28. The number of aryl methyl sites for hydroxylation is 1. The number of hydrogen-bond acceptors (Lipinski definition) is 4. The Bertz CT molecular complexity index is 653. The second-order valence-corrected chi connectivity index (χ2v) is 7.56. The fraction of sp³-hybridized carbons (Fsp3) is 0.471. The summed E-state index contributed by atoms with van der Waals surface area (Å²) in [5.74, 6) is 0.483. The molecule has 1 aliphatic rings. The fourth-order valence-corrected chi connectivity index (χ4v) is 3.15. The summed E-state index contributed by atoms with van der Waals surface area (Å²) < 4.78 is 6.45. The summed E-state index contributed by atoms with van der Waals surface area (Å²) in [6.45, 7) is 5.85. The highest BCUT2D eigenvalue weighted by atomic mass is 79.9. The number of carbonyl (C=O) groups is 2. The highest BCUT2D eigenvalue weighted by Gasteiger charge is 2.30. The van der Waals surface area contributed by atoms with Crippen molar-refractivity contribution in [2.75, 3.05) is 6.61 Å². The molecule has 1 N–H and O–H groups in total. The smallest absolute Gasteiger partial charge is 0.277 e. The maximum atomic E-state index is 11.8. The molecule has 5 nitrogen and oxygen atoms in total. The summed E-state index contributed by atoms with van der Waals surface area (Å²) in [5, 5.41) is 4.09. The molecule has 0 atom stereocenters. The van der Waals surface area contributed by atoms with Crippen LogP contribution in [0.1, 0.15) is 38.7 Å². The van der Waals surface area contributed by atoms with E-state index >= 15 is 0 Å². The molecule has 124 valence electrons. The Morgan fingerprint density at radius 2 is 2.13 bits per heavy atom. The molecule has 1 aromatic rings. The fourth-order valence-electron chi connectivity index (χ4n) is 2.67. The van der Waals surface area contributed by atoms with Crippen molar-refractivity contribution in [2.45, 2.75) is 40.0 Å². The molecule has 1 amide bonds. The molecule has 2 rings (SSSR count). The summed E-state index contributed by atoms with van der Waals surface area (Å²) in [5.41, 5.74) is 4.05. The van der Waals surface area contributed by atoms with Crippen molar-refractivity contribution in [3.63, 3.8) is 0 Å². The van der Waals surface area contributed by atoms with Crippen LogP contribution in [0.25, 0.3) is 0 Å².